The lowest BCUT2D eigenvalue weighted by Crippen LogP contribution is -2.50. The van der Waals surface area contributed by atoms with E-state index in [1.807, 2.05) is 36.1 Å². The molecule has 2 aromatic carbocycles. The maximum atomic E-state index is 12.6. The Morgan fingerprint density at radius 3 is 2.00 bits per heavy atom. The molecule has 0 atom stereocenters. The van der Waals surface area contributed by atoms with Crippen LogP contribution in [0.3, 0.4) is 0 Å². The number of carbonyl (C=O) groups excluding carboxylic acids is 1. The second kappa shape index (κ2) is 8.52. The van der Waals surface area contributed by atoms with E-state index in [0.717, 1.165) is 58.2 Å². The van der Waals surface area contributed by atoms with E-state index in [2.05, 4.69) is 39.4 Å². The number of hydrogen-bond acceptors (Lipinski definition) is 4. The van der Waals surface area contributed by atoms with Crippen molar-refractivity contribution in [1.82, 2.24) is 4.90 Å². The molecule has 2 aromatic rings. The molecule has 0 aliphatic carbocycles. The number of morpholine rings is 1. The number of ether oxygens (including phenoxy) is 1. The summed E-state index contributed by atoms with van der Waals surface area (Å²) in [6.45, 7) is 8.56. The lowest BCUT2D eigenvalue weighted by Gasteiger charge is -2.39. The summed E-state index contributed by atoms with van der Waals surface area (Å²) in [5, 5.41) is 3.00. The van der Waals surface area contributed by atoms with Crippen LogP contribution in [-0.4, -0.2) is 63.4 Å². The highest BCUT2D eigenvalue weighted by Crippen LogP contribution is 2.30. The smallest absolute Gasteiger partial charge is 0.321 e. The Morgan fingerprint density at radius 2 is 1.39 bits per heavy atom. The molecule has 2 fully saturated rings. The summed E-state index contributed by atoms with van der Waals surface area (Å²) in [5.74, 6) is 0. The van der Waals surface area contributed by atoms with Gasteiger partial charge >= 0.3 is 6.03 Å². The molecule has 0 aromatic heterocycles. The van der Waals surface area contributed by atoms with Crippen LogP contribution < -0.4 is 15.1 Å². The number of hydrogen-bond donors (Lipinski definition) is 1. The lowest BCUT2D eigenvalue weighted by molar-refractivity contribution is 0.122. The minimum atomic E-state index is -0.0232. The van der Waals surface area contributed by atoms with Crippen molar-refractivity contribution in [3.8, 4) is 0 Å². The summed E-state index contributed by atoms with van der Waals surface area (Å²) >= 11 is 0. The lowest BCUT2D eigenvalue weighted by atomic mass is 10.2. The zero-order valence-corrected chi connectivity index (χ0v) is 16.4. The van der Waals surface area contributed by atoms with Crippen molar-refractivity contribution in [2.75, 3.05) is 67.6 Å². The topological polar surface area (TPSA) is 48.1 Å². The van der Waals surface area contributed by atoms with Crippen LogP contribution in [0, 0.1) is 6.92 Å². The first kappa shape index (κ1) is 18.6. The summed E-state index contributed by atoms with van der Waals surface area (Å²) in [6, 6.07) is 16.5. The van der Waals surface area contributed by atoms with Crippen LogP contribution in [0.15, 0.2) is 48.5 Å². The minimum absolute atomic E-state index is 0.0232. The van der Waals surface area contributed by atoms with Crippen molar-refractivity contribution < 1.29 is 9.53 Å². The van der Waals surface area contributed by atoms with Crippen molar-refractivity contribution in [1.29, 1.82) is 0 Å². The van der Waals surface area contributed by atoms with E-state index in [-0.39, 0.29) is 6.03 Å². The van der Waals surface area contributed by atoms with Crippen molar-refractivity contribution in [3.63, 3.8) is 0 Å². The maximum absolute atomic E-state index is 12.6. The van der Waals surface area contributed by atoms with Gasteiger partial charge in [-0.25, -0.2) is 4.79 Å². The zero-order chi connectivity index (χ0) is 19.3. The monoisotopic (exact) mass is 380 g/mol. The molecule has 2 aliphatic heterocycles. The van der Waals surface area contributed by atoms with Crippen molar-refractivity contribution in [2.45, 2.75) is 6.92 Å². The Balaban J connectivity index is 1.38. The van der Waals surface area contributed by atoms with E-state index < -0.39 is 0 Å². The minimum Gasteiger partial charge on any atom is -0.378 e. The quantitative estimate of drug-likeness (QED) is 0.889. The number of amides is 2. The summed E-state index contributed by atoms with van der Waals surface area (Å²) in [5.41, 5.74) is 4.55. The third-order valence-electron chi connectivity index (χ3n) is 5.44. The molecule has 1 N–H and O–H groups in total. The van der Waals surface area contributed by atoms with Gasteiger partial charge in [0.2, 0.25) is 0 Å². The highest BCUT2D eigenvalue weighted by atomic mass is 16.5. The Bertz CT molecular complexity index is 794. The Labute approximate surface area is 166 Å². The summed E-state index contributed by atoms with van der Waals surface area (Å²) in [6.07, 6.45) is 0. The summed E-state index contributed by atoms with van der Waals surface area (Å²) in [7, 11) is 0. The third-order valence-corrected chi connectivity index (χ3v) is 5.44. The van der Waals surface area contributed by atoms with Crippen LogP contribution in [0.1, 0.15) is 5.56 Å². The number of rotatable bonds is 3. The van der Waals surface area contributed by atoms with Gasteiger partial charge in [0.1, 0.15) is 0 Å². The largest absolute Gasteiger partial charge is 0.378 e. The van der Waals surface area contributed by atoms with Gasteiger partial charge < -0.3 is 24.8 Å². The second-order valence-corrected chi connectivity index (χ2v) is 7.36. The average Bonchev–Trinajstić information content (AvgIpc) is 2.76. The van der Waals surface area contributed by atoms with Gasteiger partial charge in [0.25, 0.3) is 0 Å². The Kier molecular flexibility index (Phi) is 5.67. The molecule has 148 valence electrons. The van der Waals surface area contributed by atoms with Gasteiger partial charge in [-0.2, -0.15) is 0 Å². The first-order valence-corrected chi connectivity index (χ1v) is 10.00. The van der Waals surface area contributed by atoms with E-state index in [0.29, 0.717) is 0 Å². The number of nitrogens with one attached hydrogen (secondary N) is 1. The van der Waals surface area contributed by atoms with E-state index in [1.165, 1.54) is 16.9 Å². The molecule has 2 amide bonds. The Morgan fingerprint density at radius 1 is 0.821 bits per heavy atom. The van der Waals surface area contributed by atoms with Gasteiger partial charge in [-0.15, -0.1) is 0 Å². The molecule has 0 unspecified atom stereocenters. The van der Waals surface area contributed by atoms with E-state index in [9.17, 15) is 4.79 Å². The molecular formula is C22H28N4O2. The van der Waals surface area contributed by atoms with Crippen LogP contribution in [0.25, 0.3) is 0 Å². The van der Waals surface area contributed by atoms with Gasteiger partial charge in [-0.3, -0.25) is 0 Å². The highest BCUT2D eigenvalue weighted by Gasteiger charge is 2.24. The fourth-order valence-corrected chi connectivity index (χ4v) is 3.79. The fourth-order valence-electron chi connectivity index (χ4n) is 3.79. The maximum Gasteiger partial charge on any atom is 0.321 e. The van der Waals surface area contributed by atoms with E-state index in [4.69, 9.17) is 4.74 Å². The summed E-state index contributed by atoms with van der Waals surface area (Å²) < 4.78 is 5.50. The Hall–Kier alpha value is -2.73. The first-order valence-electron chi connectivity index (χ1n) is 10.00. The third kappa shape index (κ3) is 4.22. The molecule has 28 heavy (non-hydrogen) atoms. The number of anilines is 3. The molecule has 0 bridgehead atoms. The van der Waals surface area contributed by atoms with Crippen LogP contribution in [-0.2, 0) is 4.74 Å². The molecule has 2 saturated heterocycles. The molecule has 0 spiro atoms. The molecule has 6 nitrogen and oxygen atoms in total. The second-order valence-electron chi connectivity index (χ2n) is 7.36. The molecule has 6 heteroatoms. The number of urea groups is 1. The summed E-state index contributed by atoms with van der Waals surface area (Å²) in [4.78, 5) is 19.3. The molecule has 4 rings (SSSR count). The van der Waals surface area contributed by atoms with E-state index >= 15 is 0 Å². The van der Waals surface area contributed by atoms with Crippen molar-refractivity contribution in [3.05, 3.63) is 54.1 Å². The van der Waals surface area contributed by atoms with Gasteiger partial charge in [0.15, 0.2) is 0 Å². The van der Waals surface area contributed by atoms with Crippen LogP contribution in [0.4, 0.5) is 21.9 Å². The van der Waals surface area contributed by atoms with Gasteiger partial charge in [-0.05, 0) is 31.2 Å². The molecule has 0 radical (unpaired) electrons. The predicted molar refractivity (Wildman–Crippen MR) is 113 cm³/mol. The van der Waals surface area contributed by atoms with Crippen molar-refractivity contribution >= 4 is 23.1 Å². The molecule has 2 heterocycles. The van der Waals surface area contributed by atoms with Gasteiger partial charge in [0.05, 0.1) is 24.6 Å². The van der Waals surface area contributed by atoms with Crippen LogP contribution in [0.2, 0.25) is 0 Å². The highest BCUT2D eigenvalue weighted by molar-refractivity contribution is 5.89. The van der Waals surface area contributed by atoms with Gasteiger partial charge in [0, 0.05) is 45.0 Å². The molecule has 0 saturated carbocycles. The number of aryl methyl sites for hydroxylation is 1. The first-order chi connectivity index (χ1) is 13.7. The van der Waals surface area contributed by atoms with Crippen molar-refractivity contribution in [2.24, 2.45) is 0 Å². The molecule has 2 aliphatic rings. The number of piperazine rings is 1. The average molecular weight is 380 g/mol. The standard InChI is InChI=1S/C22H28N4O2/c1-18-6-8-19(9-7-18)23-22(27)26-12-10-24(11-13-26)20-4-2-3-5-21(20)25-14-16-28-17-15-25/h2-9H,10-17H2,1H3,(H,23,27). The zero-order valence-electron chi connectivity index (χ0n) is 16.4. The SMILES string of the molecule is Cc1ccc(NC(=O)N2CCN(c3ccccc3N3CCOCC3)CC2)cc1. The van der Waals surface area contributed by atoms with E-state index in [1.54, 1.807) is 0 Å². The number of carbonyl (C=O) groups is 1. The van der Waals surface area contributed by atoms with Crippen LogP contribution in [0.5, 0.6) is 0 Å². The number of para-hydroxylation sites is 2. The normalized spacial score (nSPS) is 17.5. The number of benzene rings is 2. The fraction of sp³-hybridized carbons (Fsp3) is 0.409. The molecular weight excluding hydrogens is 352 g/mol. The van der Waals surface area contributed by atoms with Gasteiger partial charge in [-0.1, -0.05) is 29.8 Å². The van der Waals surface area contributed by atoms with Crippen LogP contribution >= 0.6 is 0 Å². The number of nitrogens with zero attached hydrogens (tertiary/aromatic N) is 3. The predicted octanol–water partition coefficient (Wildman–Crippen LogP) is 3.19.